The van der Waals surface area contributed by atoms with Crippen molar-refractivity contribution in [3.05, 3.63) is 24.3 Å². The lowest BCUT2D eigenvalue weighted by Gasteiger charge is -2.11. The second-order valence-corrected chi connectivity index (χ2v) is 3.91. The molecule has 0 saturated carbocycles. The molecule has 0 fully saturated rings. The Morgan fingerprint density at radius 2 is 2.19 bits per heavy atom. The highest BCUT2D eigenvalue weighted by molar-refractivity contribution is 5.78. The maximum Gasteiger partial charge on any atom is 0.203 e. The van der Waals surface area contributed by atoms with Crippen LogP contribution in [0.15, 0.2) is 24.3 Å². The maximum atomic E-state index is 5.19. The molecule has 1 heterocycles. The number of benzene rings is 1. The third kappa shape index (κ3) is 2.02. The van der Waals surface area contributed by atoms with Gasteiger partial charge in [-0.05, 0) is 19.1 Å². The lowest BCUT2D eigenvalue weighted by atomic mass is 10.3. The standard InChI is InChI=1S/C12H17N3O/c1-9(16-3)8-13-12-14-10-6-4-5-7-11(10)15(12)2/h4-7,9H,8H2,1-3H3,(H,13,14). The lowest BCUT2D eigenvalue weighted by Crippen LogP contribution is -2.19. The van der Waals surface area contributed by atoms with E-state index in [2.05, 4.69) is 20.9 Å². The minimum atomic E-state index is 0.180. The summed E-state index contributed by atoms with van der Waals surface area (Å²) < 4.78 is 7.24. The number of methoxy groups -OCH3 is 1. The van der Waals surface area contributed by atoms with E-state index in [-0.39, 0.29) is 6.10 Å². The average molecular weight is 219 g/mol. The Morgan fingerprint density at radius 3 is 2.88 bits per heavy atom. The smallest absolute Gasteiger partial charge is 0.203 e. The monoisotopic (exact) mass is 219 g/mol. The number of rotatable bonds is 4. The molecule has 1 unspecified atom stereocenters. The molecule has 0 bridgehead atoms. The first-order chi connectivity index (χ1) is 7.72. The van der Waals surface area contributed by atoms with Crippen molar-refractivity contribution in [2.75, 3.05) is 19.0 Å². The van der Waals surface area contributed by atoms with Gasteiger partial charge in [0.2, 0.25) is 5.95 Å². The third-order valence-electron chi connectivity index (χ3n) is 2.74. The Labute approximate surface area is 95.2 Å². The largest absolute Gasteiger partial charge is 0.380 e. The van der Waals surface area contributed by atoms with Crippen molar-refractivity contribution in [3.63, 3.8) is 0 Å². The van der Waals surface area contributed by atoms with Gasteiger partial charge in [0.1, 0.15) is 0 Å². The van der Waals surface area contributed by atoms with Crippen LogP contribution in [0.2, 0.25) is 0 Å². The zero-order chi connectivity index (χ0) is 11.5. The highest BCUT2D eigenvalue weighted by atomic mass is 16.5. The molecule has 2 rings (SSSR count). The average Bonchev–Trinajstić information content (AvgIpc) is 2.64. The van der Waals surface area contributed by atoms with Gasteiger partial charge in [-0.3, -0.25) is 0 Å². The van der Waals surface area contributed by atoms with E-state index in [9.17, 15) is 0 Å². The number of imidazole rings is 1. The molecule has 1 aromatic carbocycles. The van der Waals surface area contributed by atoms with Crippen LogP contribution in [0.5, 0.6) is 0 Å². The van der Waals surface area contributed by atoms with Crippen LogP contribution in [0.25, 0.3) is 11.0 Å². The van der Waals surface area contributed by atoms with E-state index in [4.69, 9.17) is 4.74 Å². The Balaban J connectivity index is 2.21. The molecule has 16 heavy (non-hydrogen) atoms. The number of anilines is 1. The normalized spacial score (nSPS) is 12.9. The van der Waals surface area contributed by atoms with Gasteiger partial charge in [-0.2, -0.15) is 0 Å². The van der Waals surface area contributed by atoms with E-state index in [1.54, 1.807) is 7.11 Å². The summed E-state index contributed by atoms with van der Waals surface area (Å²) in [6.45, 7) is 2.78. The van der Waals surface area contributed by atoms with Gasteiger partial charge in [-0.25, -0.2) is 4.98 Å². The third-order valence-corrected chi connectivity index (χ3v) is 2.74. The number of para-hydroxylation sites is 2. The fourth-order valence-electron chi connectivity index (χ4n) is 1.62. The van der Waals surface area contributed by atoms with Gasteiger partial charge in [0, 0.05) is 20.7 Å². The van der Waals surface area contributed by atoms with Gasteiger partial charge in [-0.1, -0.05) is 12.1 Å². The summed E-state index contributed by atoms with van der Waals surface area (Å²) in [6.07, 6.45) is 0.180. The molecule has 1 atom stereocenters. The molecule has 86 valence electrons. The van der Waals surface area contributed by atoms with E-state index in [0.717, 1.165) is 23.5 Å². The highest BCUT2D eigenvalue weighted by Gasteiger charge is 2.07. The van der Waals surface area contributed by atoms with Crippen molar-refractivity contribution in [1.29, 1.82) is 0 Å². The molecule has 0 aliphatic rings. The van der Waals surface area contributed by atoms with Gasteiger partial charge >= 0.3 is 0 Å². The molecule has 4 heteroatoms. The van der Waals surface area contributed by atoms with Gasteiger partial charge in [0.25, 0.3) is 0 Å². The van der Waals surface area contributed by atoms with Crippen molar-refractivity contribution < 1.29 is 4.74 Å². The van der Waals surface area contributed by atoms with Crippen molar-refractivity contribution in [2.24, 2.45) is 7.05 Å². The van der Waals surface area contributed by atoms with Crippen molar-refractivity contribution >= 4 is 17.0 Å². The maximum absolute atomic E-state index is 5.19. The topological polar surface area (TPSA) is 39.1 Å². The number of nitrogens with one attached hydrogen (secondary N) is 1. The SMILES string of the molecule is COC(C)CNc1nc2ccccc2n1C. The summed E-state index contributed by atoms with van der Waals surface area (Å²) in [5.41, 5.74) is 2.15. The van der Waals surface area contributed by atoms with Gasteiger partial charge in [0.05, 0.1) is 17.1 Å². The minimum absolute atomic E-state index is 0.180. The van der Waals surface area contributed by atoms with E-state index in [1.165, 1.54) is 0 Å². The molecule has 4 nitrogen and oxygen atoms in total. The van der Waals surface area contributed by atoms with Crippen LogP contribution in [0, 0.1) is 0 Å². The Morgan fingerprint density at radius 1 is 1.44 bits per heavy atom. The second-order valence-electron chi connectivity index (χ2n) is 3.91. The number of aryl methyl sites for hydroxylation is 1. The van der Waals surface area contributed by atoms with Crippen LogP contribution in [-0.4, -0.2) is 29.3 Å². The summed E-state index contributed by atoms with van der Waals surface area (Å²) in [7, 11) is 3.72. The minimum Gasteiger partial charge on any atom is -0.380 e. The van der Waals surface area contributed by atoms with Crippen molar-refractivity contribution in [3.8, 4) is 0 Å². The van der Waals surface area contributed by atoms with Crippen LogP contribution in [0.4, 0.5) is 5.95 Å². The van der Waals surface area contributed by atoms with Crippen LogP contribution < -0.4 is 5.32 Å². The Kier molecular flexibility index (Phi) is 3.10. The predicted octanol–water partition coefficient (Wildman–Crippen LogP) is 2.02. The Bertz CT molecular complexity index is 478. The van der Waals surface area contributed by atoms with Crippen LogP contribution in [0.3, 0.4) is 0 Å². The Hall–Kier alpha value is -1.55. The first-order valence-electron chi connectivity index (χ1n) is 5.40. The molecule has 1 N–H and O–H groups in total. The molecule has 0 aliphatic heterocycles. The summed E-state index contributed by atoms with van der Waals surface area (Å²) >= 11 is 0. The molecule has 0 saturated heterocycles. The molecular formula is C12H17N3O. The molecule has 0 spiro atoms. The van der Waals surface area contributed by atoms with E-state index < -0.39 is 0 Å². The second kappa shape index (κ2) is 4.53. The van der Waals surface area contributed by atoms with E-state index in [0.29, 0.717) is 0 Å². The lowest BCUT2D eigenvalue weighted by molar-refractivity contribution is 0.128. The molecule has 2 aromatic rings. The molecule has 0 amide bonds. The fourth-order valence-corrected chi connectivity index (χ4v) is 1.62. The summed E-state index contributed by atoms with van der Waals surface area (Å²) in [4.78, 5) is 4.51. The number of fused-ring (bicyclic) bond motifs is 1. The van der Waals surface area contributed by atoms with Crippen LogP contribution in [0.1, 0.15) is 6.92 Å². The van der Waals surface area contributed by atoms with E-state index >= 15 is 0 Å². The van der Waals surface area contributed by atoms with Crippen LogP contribution >= 0.6 is 0 Å². The summed E-state index contributed by atoms with van der Waals surface area (Å²) in [5, 5.41) is 3.28. The summed E-state index contributed by atoms with van der Waals surface area (Å²) in [5.74, 6) is 0.880. The fraction of sp³-hybridized carbons (Fsp3) is 0.417. The quantitative estimate of drug-likeness (QED) is 0.855. The van der Waals surface area contributed by atoms with Crippen molar-refractivity contribution in [2.45, 2.75) is 13.0 Å². The first-order valence-corrected chi connectivity index (χ1v) is 5.40. The number of nitrogens with zero attached hydrogens (tertiary/aromatic N) is 2. The van der Waals surface area contributed by atoms with Crippen LogP contribution in [-0.2, 0) is 11.8 Å². The van der Waals surface area contributed by atoms with Gasteiger partial charge < -0.3 is 14.6 Å². The van der Waals surface area contributed by atoms with Gasteiger partial charge in [0.15, 0.2) is 0 Å². The van der Waals surface area contributed by atoms with Gasteiger partial charge in [-0.15, -0.1) is 0 Å². The highest BCUT2D eigenvalue weighted by Crippen LogP contribution is 2.17. The van der Waals surface area contributed by atoms with E-state index in [1.807, 2.05) is 32.2 Å². The predicted molar refractivity (Wildman–Crippen MR) is 65.7 cm³/mol. The number of aromatic nitrogens is 2. The number of ether oxygens (including phenoxy) is 1. The molecule has 1 aromatic heterocycles. The summed E-state index contributed by atoms with van der Waals surface area (Å²) in [6, 6.07) is 8.09. The molecule has 0 aliphatic carbocycles. The zero-order valence-corrected chi connectivity index (χ0v) is 9.90. The first kappa shape index (κ1) is 11.0. The zero-order valence-electron chi connectivity index (χ0n) is 9.90. The van der Waals surface area contributed by atoms with Crippen molar-refractivity contribution in [1.82, 2.24) is 9.55 Å². The number of hydrogen-bond donors (Lipinski definition) is 1. The number of hydrogen-bond acceptors (Lipinski definition) is 3. The molecule has 0 radical (unpaired) electrons. The molecular weight excluding hydrogens is 202 g/mol.